The van der Waals surface area contributed by atoms with E-state index in [9.17, 15) is 19.2 Å². The minimum absolute atomic E-state index is 0.0234. The number of alkyl carbamates (subject to hydrolysis) is 1. The third kappa shape index (κ3) is 8.50. The lowest BCUT2D eigenvalue weighted by Crippen LogP contribution is -2.77. The molecule has 0 aliphatic carbocycles. The summed E-state index contributed by atoms with van der Waals surface area (Å²) in [6.07, 6.45) is 0.930. The Kier molecular flexibility index (Phi) is 12.0. The van der Waals surface area contributed by atoms with Gasteiger partial charge >= 0.3 is 12.1 Å². The predicted molar refractivity (Wildman–Crippen MR) is 163 cm³/mol. The van der Waals surface area contributed by atoms with Crippen molar-refractivity contribution in [1.29, 1.82) is 0 Å². The molecule has 0 aromatic heterocycles. The lowest BCUT2D eigenvalue weighted by atomic mass is 9.98. The Hall–Kier alpha value is -4.06. The van der Waals surface area contributed by atoms with Crippen molar-refractivity contribution < 1.29 is 28.7 Å². The molecule has 0 saturated carbocycles. The molecular weight excluding hydrogens is 552 g/mol. The second-order valence-corrected chi connectivity index (χ2v) is 11.3. The SMILES string of the molecule is C=CCOC(=O)NCCC[C@H]1C(=O)N(CC(C)C(=C)C)C[C@H]2N1C(=O)CN(C(C)C)N2C(=O)NCc1ccc(OC)cc1. The zero-order valence-electron chi connectivity index (χ0n) is 26.0. The van der Waals surface area contributed by atoms with Gasteiger partial charge in [0.15, 0.2) is 0 Å². The maximum Gasteiger partial charge on any atom is 0.407 e. The number of hydrogen-bond donors (Lipinski definition) is 2. The van der Waals surface area contributed by atoms with Gasteiger partial charge in [-0.15, -0.1) is 0 Å². The topological polar surface area (TPSA) is 124 Å². The summed E-state index contributed by atoms with van der Waals surface area (Å²) >= 11 is 0. The molecule has 0 spiro atoms. The molecule has 2 heterocycles. The van der Waals surface area contributed by atoms with Crippen LogP contribution >= 0.6 is 0 Å². The van der Waals surface area contributed by atoms with Crippen LogP contribution in [-0.4, -0.2) is 102 Å². The van der Waals surface area contributed by atoms with Crippen LogP contribution < -0.4 is 15.4 Å². The minimum Gasteiger partial charge on any atom is -0.497 e. The Bertz CT molecular complexity index is 1170. The number of hydrogen-bond acceptors (Lipinski definition) is 7. The fraction of sp³-hybridized carbons (Fsp3) is 0.548. The van der Waals surface area contributed by atoms with Crippen LogP contribution in [-0.2, 0) is 20.9 Å². The van der Waals surface area contributed by atoms with Crippen molar-refractivity contribution in [2.75, 3.05) is 39.9 Å². The maximum absolute atomic E-state index is 13.8. The highest BCUT2D eigenvalue weighted by Crippen LogP contribution is 2.30. The summed E-state index contributed by atoms with van der Waals surface area (Å²) in [6.45, 7) is 16.5. The van der Waals surface area contributed by atoms with Gasteiger partial charge < -0.3 is 29.9 Å². The molecule has 2 N–H and O–H groups in total. The number of ether oxygens (including phenoxy) is 2. The van der Waals surface area contributed by atoms with E-state index in [0.29, 0.717) is 19.4 Å². The molecule has 2 saturated heterocycles. The Morgan fingerprint density at radius 3 is 2.44 bits per heavy atom. The van der Waals surface area contributed by atoms with E-state index < -0.39 is 18.3 Å². The van der Waals surface area contributed by atoms with Crippen LogP contribution in [0, 0.1) is 5.92 Å². The molecule has 1 unspecified atom stereocenters. The number of urea groups is 1. The number of rotatable bonds is 13. The largest absolute Gasteiger partial charge is 0.497 e. The van der Waals surface area contributed by atoms with E-state index in [1.165, 1.54) is 6.08 Å². The summed E-state index contributed by atoms with van der Waals surface area (Å²) in [7, 11) is 1.60. The number of benzene rings is 1. The summed E-state index contributed by atoms with van der Waals surface area (Å²) in [5.74, 6) is 0.345. The van der Waals surface area contributed by atoms with Gasteiger partial charge in [-0.25, -0.2) is 19.6 Å². The normalized spacial score (nSPS) is 19.5. The number of nitrogens with zero attached hydrogens (tertiary/aromatic N) is 4. The lowest BCUT2D eigenvalue weighted by molar-refractivity contribution is -0.195. The van der Waals surface area contributed by atoms with E-state index in [-0.39, 0.29) is 62.6 Å². The van der Waals surface area contributed by atoms with Crippen molar-refractivity contribution in [1.82, 2.24) is 30.5 Å². The summed E-state index contributed by atoms with van der Waals surface area (Å²) in [5.41, 5.74) is 1.83. The Morgan fingerprint density at radius 1 is 1.14 bits per heavy atom. The van der Waals surface area contributed by atoms with Crippen LogP contribution in [0.3, 0.4) is 0 Å². The minimum atomic E-state index is -0.791. The molecular formula is C31H46N6O6. The zero-order valence-corrected chi connectivity index (χ0v) is 26.0. The summed E-state index contributed by atoms with van der Waals surface area (Å²) in [4.78, 5) is 56.5. The van der Waals surface area contributed by atoms with E-state index in [1.807, 2.05) is 52.0 Å². The van der Waals surface area contributed by atoms with Gasteiger partial charge in [0.25, 0.3) is 0 Å². The standard InChI is InChI=1S/C31H46N6O6/c1-8-16-43-31(41)32-15-9-10-26-29(39)34(18-23(6)21(2)3)19-27-36(26)28(38)20-35(22(4)5)37(27)30(40)33-17-24-11-13-25(42-7)14-12-24/h8,11-14,22-23,26-27H,1-2,9-10,15-20H2,3-7H3,(H,32,41)(H,33,40)/t23?,26-,27-/m0/s1. The second kappa shape index (κ2) is 15.4. The average molecular weight is 599 g/mol. The van der Waals surface area contributed by atoms with Crippen LogP contribution in [0.15, 0.2) is 49.1 Å². The Balaban J connectivity index is 1.86. The Morgan fingerprint density at radius 2 is 1.84 bits per heavy atom. The highest BCUT2D eigenvalue weighted by molar-refractivity contribution is 5.91. The van der Waals surface area contributed by atoms with E-state index >= 15 is 0 Å². The van der Waals surface area contributed by atoms with Gasteiger partial charge in [0.05, 0.1) is 20.2 Å². The van der Waals surface area contributed by atoms with Crippen molar-refractivity contribution in [2.24, 2.45) is 5.92 Å². The quantitative estimate of drug-likeness (QED) is 0.264. The summed E-state index contributed by atoms with van der Waals surface area (Å²) < 4.78 is 10.2. The molecule has 5 amide bonds. The fourth-order valence-corrected chi connectivity index (χ4v) is 5.19. The highest BCUT2D eigenvalue weighted by atomic mass is 16.5. The molecule has 12 heteroatoms. The number of nitrogens with one attached hydrogen (secondary N) is 2. The van der Waals surface area contributed by atoms with Gasteiger partial charge in [0, 0.05) is 25.7 Å². The van der Waals surface area contributed by atoms with Crippen molar-refractivity contribution in [3.05, 3.63) is 54.6 Å². The fourth-order valence-electron chi connectivity index (χ4n) is 5.19. The number of hydrazine groups is 1. The van der Waals surface area contributed by atoms with Gasteiger partial charge in [-0.3, -0.25) is 9.59 Å². The smallest absolute Gasteiger partial charge is 0.407 e. The first-order chi connectivity index (χ1) is 20.5. The van der Waals surface area contributed by atoms with Gasteiger partial charge in [-0.2, -0.15) is 0 Å². The van der Waals surface area contributed by atoms with Gasteiger partial charge in [-0.05, 0) is 57.2 Å². The summed E-state index contributed by atoms with van der Waals surface area (Å²) in [5, 5.41) is 9.02. The van der Waals surface area contributed by atoms with E-state index in [2.05, 4.69) is 23.8 Å². The van der Waals surface area contributed by atoms with Crippen molar-refractivity contribution in [3.63, 3.8) is 0 Å². The predicted octanol–water partition coefficient (Wildman–Crippen LogP) is 3.12. The number of fused-ring (bicyclic) bond motifs is 1. The molecule has 1 aromatic carbocycles. The zero-order chi connectivity index (χ0) is 31.7. The third-order valence-electron chi connectivity index (χ3n) is 7.78. The monoisotopic (exact) mass is 598 g/mol. The third-order valence-corrected chi connectivity index (χ3v) is 7.78. The molecule has 12 nitrogen and oxygen atoms in total. The first-order valence-electron chi connectivity index (χ1n) is 14.7. The lowest BCUT2D eigenvalue weighted by Gasteiger charge is -2.56. The van der Waals surface area contributed by atoms with Crippen LogP contribution in [0.2, 0.25) is 0 Å². The first-order valence-corrected chi connectivity index (χ1v) is 14.7. The van der Waals surface area contributed by atoms with E-state index in [0.717, 1.165) is 16.9 Å². The molecule has 0 bridgehead atoms. The number of piperazine rings is 1. The van der Waals surface area contributed by atoms with Crippen LogP contribution in [0.4, 0.5) is 9.59 Å². The molecule has 3 atom stereocenters. The number of carbonyl (C=O) groups is 4. The highest BCUT2D eigenvalue weighted by Gasteiger charge is 2.51. The molecule has 43 heavy (non-hydrogen) atoms. The molecule has 0 radical (unpaired) electrons. The van der Waals surface area contributed by atoms with E-state index in [4.69, 9.17) is 9.47 Å². The molecule has 1 aromatic rings. The molecule has 3 rings (SSSR count). The molecule has 2 aliphatic rings. The van der Waals surface area contributed by atoms with Gasteiger partial charge in [0.1, 0.15) is 24.6 Å². The van der Waals surface area contributed by atoms with Crippen LogP contribution in [0.25, 0.3) is 0 Å². The Labute approximate surface area is 254 Å². The first kappa shape index (κ1) is 33.4. The van der Waals surface area contributed by atoms with Gasteiger partial charge in [-0.1, -0.05) is 43.9 Å². The average Bonchev–Trinajstić information content (AvgIpc) is 2.98. The second-order valence-electron chi connectivity index (χ2n) is 11.3. The summed E-state index contributed by atoms with van der Waals surface area (Å²) in [6, 6.07) is 6.11. The number of methoxy groups -OCH3 is 1. The van der Waals surface area contributed by atoms with Crippen molar-refractivity contribution >= 4 is 23.9 Å². The molecule has 2 fully saturated rings. The number of carbonyl (C=O) groups excluding carboxylic acids is 4. The van der Waals surface area contributed by atoms with Crippen molar-refractivity contribution in [2.45, 2.75) is 65.3 Å². The van der Waals surface area contributed by atoms with Crippen molar-refractivity contribution in [3.8, 4) is 5.75 Å². The van der Waals surface area contributed by atoms with Crippen LogP contribution in [0.1, 0.15) is 46.1 Å². The van der Waals surface area contributed by atoms with Gasteiger partial charge in [0.2, 0.25) is 11.8 Å². The molecule has 2 aliphatic heterocycles. The number of amides is 5. The maximum atomic E-state index is 13.8. The molecule has 236 valence electrons. The van der Waals surface area contributed by atoms with E-state index in [1.54, 1.807) is 26.9 Å². The van der Waals surface area contributed by atoms with Crippen LogP contribution in [0.5, 0.6) is 5.75 Å².